The van der Waals surface area contributed by atoms with Crippen LogP contribution in [-0.2, 0) is 9.84 Å². The fourth-order valence-electron chi connectivity index (χ4n) is 1.20. The van der Waals surface area contributed by atoms with Crippen molar-refractivity contribution in [2.75, 3.05) is 11.5 Å². The van der Waals surface area contributed by atoms with E-state index in [1.54, 1.807) is 6.92 Å². The summed E-state index contributed by atoms with van der Waals surface area (Å²) in [4.78, 5) is 0. The molecule has 0 spiro atoms. The topological polar surface area (TPSA) is 60.2 Å². The lowest BCUT2D eigenvalue weighted by Gasteiger charge is -2.11. The third kappa shape index (κ3) is 3.93. The van der Waals surface area contributed by atoms with Crippen LogP contribution in [-0.4, -0.2) is 19.9 Å². The number of nitrogens with two attached hydrogens (primary N) is 1. The van der Waals surface area contributed by atoms with E-state index in [0.717, 1.165) is 10.0 Å². The maximum atomic E-state index is 11.4. The molecule has 5 heteroatoms. The van der Waals surface area contributed by atoms with Crippen LogP contribution in [0.15, 0.2) is 28.7 Å². The van der Waals surface area contributed by atoms with Gasteiger partial charge in [0.25, 0.3) is 0 Å². The first-order chi connectivity index (χ1) is 6.94. The molecule has 84 valence electrons. The average Bonchev–Trinajstić information content (AvgIpc) is 2.18. The first kappa shape index (κ1) is 12.7. The molecular formula is C10H14BrNO2S. The van der Waals surface area contributed by atoms with Gasteiger partial charge in [0, 0.05) is 16.3 Å². The standard InChI is InChI=1S/C10H14BrNO2S/c1-2-15(13,14)7-10(12)8-3-5-9(11)6-4-8/h3-6,10H,2,7,12H2,1H3. The van der Waals surface area contributed by atoms with Crippen LogP contribution in [0.5, 0.6) is 0 Å². The second-order valence-electron chi connectivity index (χ2n) is 3.36. The lowest BCUT2D eigenvalue weighted by molar-refractivity contribution is 0.590. The van der Waals surface area contributed by atoms with Crippen LogP contribution in [0.3, 0.4) is 0 Å². The van der Waals surface area contributed by atoms with E-state index in [0.29, 0.717) is 0 Å². The van der Waals surface area contributed by atoms with E-state index in [1.807, 2.05) is 24.3 Å². The summed E-state index contributed by atoms with van der Waals surface area (Å²) in [5.41, 5.74) is 6.66. The van der Waals surface area contributed by atoms with Gasteiger partial charge in [0.2, 0.25) is 0 Å². The summed E-state index contributed by atoms with van der Waals surface area (Å²) in [6, 6.07) is 6.93. The quantitative estimate of drug-likeness (QED) is 0.921. The second-order valence-corrected chi connectivity index (χ2v) is 6.67. The summed E-state index contributed by atoms with van der Waals surface area (Å²) in [5.74, 6) is 0.141. The zero-order chi connectivity index (χ0) is 11.5. The Morgan fingerprint density at radius 2 is 1.87 bits per heavy atom. The molecule has 0 amide bonds. The zero-order valence-electron chi connectivity index (χ0n) is 8.48. The lowest BCUT2D eigenvalue weighted by atomic mass is 10.1. The molecule has 0 aliphatic heterocycles. The van der Waals surface area contributed by atoms with Crippen LogP contribution in [0, 0.1) is 0 Å². The Kier molecular flexibility index (Phi) is 4.31. The smallest absolute Gasteiger partial charge is 0.151 e. The summed E-state index contributed by atoms with van der Waals surface area (Å²) in [6.07, 6.45) is 0. The molecule has 3 nitrogen and oxygen atoms in total. The third-order valence-electron chi connectivity index (χ3n) is 2.17. The largest absolute Gasteiger partial charge is 0.323 e. The normalized spacial score (nSPS) is 13.8. The molecule has 0 aliphatic carbocycles. The molecule has 0 aromatic heterocycles. The average molecular weight is 292 g/mol. The maximum Gasteiger partial charge on any atom is 0.151 e. The Labute approximate surface area is 98.7 Å². The molecule has 2 N–H and O–H groups in total. The fourth-order valence-corrected chi connectivity index (χ4v) is 2.44. The van der Waals surface area contributed by atoms with Gasteiger partial charge >= 0.3 is 0 Å². The SMILES string of the molecule is CCS(=O)(=O)CC(N)c1ccc(Br)cc1. The molecule has 0 radical (unpaired) electrons. The van der Waals surface area contributed by atoms with Crippen molar-refractivity contribution in [2.45, 2.75) is 13.0 Å². The fraction of sp³-hybridized carbons (Fsp3) is 0.400. The third-order valence-corrected chi connectivity index (χ3v) is 4.45. The highest BCUT2D eigenvalue weighted by Gasteiger charge is 2.15. The molecule has 1 aromatic carbocycles. The van der Waals surface area contributed by atoms with Crippen molar-refractivity contribution < 1.29 is 8.42 Å². The summed E-state index contributed by atoms with van der Waals surface area (Å²) < 4.78 is 23.7. The van der Waals surface area contributed by atoms with Gasteiger partial charge in [-0.3, -0.25) is 0 Å². The predicted molar refractivity (Wildman–Crippen MR) is 65.4 cm³/mol. The van der Waals surface area contributed by atoms with Gasteiger partial charge in [-0.2, -0.15) is 0 Å². The Morgan fingerprint density at radius 3 is 2.33 bits per heavy atom. The van der Waals surface area contributed by atoms with E-state index in [-0.39, 0.29) is 11.5 Å². The number of sulfone groups is 1. The van der Waals surface area contributed by atoms with Crippen LogP contribution >= 0.6 is 15.9 Å². The van der Waals surface area contributed by atoms with E-state index >= 15 is 0 Å². The number of hydrogen-bond acceptors (Lipinski definition) is 3. The van der Waals surface area contributed by atoms with Crippen LogP contribution < -0.4 is 5.73 Å². The minimum absolute atomic E-state index is 0.00509. The van der Waals surface area contributed by atoms with E-state index in [9.17, 15) is 8.42 Å². The van der Waals surface area contributed by atoms with Gasteiger partial charge in [-0.1, -0.05) is 35.0 Å². The monoisotopic (exact) mass is 291 g/mol. The minimum Gasteiger partial charge on any atom is -0.323 e. The summed E-state index contributed by atoms with van der Waals surface area (Å²) in [7, 11) is -3.01. The Hall–Kier alpha value is -0.390. The Balaban J connectivity index is 2.78. The van der Waals surface area contributed by atoms with Crippen molar-refractivity contribution in [3.63, 3.8) is 0 Å². The van der Waals surface area contributed by atoms with Gasteiger partial charge in [-0.25, -0.2) is 8.42 Å². The molecule has 0 saturated heterocycles. The first-order valence-electron chi connectivity index (χ1n) is 4.66. The van der Waals surface area contributed by atoms with Crippen molar-refractivity contribution in [3.8, 4) is 0 Å². The van der Waals surface area contributed by atoms with Crippen molar-refractivity contribution in [3.05, 3.63) is 34.3 Å². The Bertz CT molecular complexity index is 414. The van der Waals surface area contributed by atoms with Gasteiger partial charge in [-0.15, -0.1) is 0 Å². The van der Waals surface area contributed by atoms with E-state index in [1.165, 1.54) is 0 Å². The highest BCUT2D eigenvalue weighted by molar-refractivity contribution is 9.10. The summed E-state index contributed by atoms with van der Waals surface area (Å²) in [5, 5.41) is 0. The minimum atomic E-state index is -3.01. The van der Waals surface area contributed by atoms with Crippen molar-refractivity contribution in [2.24, 2.45) is 5.73 Å². The van der Waals surface area contributed by atoms with Crippen molar-refractivity contribution >= 4 is 25.8 Å². The maximum absolute atomic E-state index is 11.4. The van der Waals surface area contributed by atoms with E-state index in [4.69, 9.17) is 5.73 Å². The van der Waals surface area contributed by atoms with Crippen LogP contribution in [0.4, 0.5) is 0 Å². The number of halogens is 1. The molecule has 1 unspecified atom stereocenters. The molecule has 0 fully saturated rings. The zero-order valence-corrected chi connectivity index (χ0v) is 10.9. The van der Waals surface area contributed by atoms with E-state index in [2.05, 4.69) is 15.9 Å². The van der Waals surface area contributed by atoms with Crippen LogP contribution in [0.2, 0.25) is 0 Å². The highest BCUT2D eigenvalue weighted by atomic mass is 79.9. The summed E-state index contributed by atoms with van der Waals surface area (Å²) >= 11 is 3.31. The van der Waals surface area contributed by atoms with Gasteiger partial charge in [0.05, 0.1) is 5.75 Å². The lowest BCUT2D eigenvalue weighted by Crippen LogP contribution is -2.22. The molecule has 1 rings (SSSR count). The van der Waals surface area contributed by atoms with Gasteiger partial charge in [-0.05, 0) is 17.7 Å². The molecule has 0 bridgehead atoms. The molecule has 15 heavy (non-hydrogen) atoms. The molecular weight excluding hydrogens is 278 g/mol. The Morgan fingerprint density at radius 1 is 1.33 bits per heavy atom. The van der Waals surface area contributed by atoms with Crippen molar-refractivity contribution in [1.29, 1.82) is 0 Å². The predicted octanol–water partition coefficient (Wildman–Crippen LogP) is 1.88. The summed E-state index contributed by atoms with van der Waals surface area (Å²) in [6.45, 7) is 1.63. The van der Waals surface area contributed by atoms with Crippen LogP contribution in [0.25, 0.3) is 0 Å². The molecule has 1 aromatic rings. The second kappa shape index (κ2) is 5.09. The molecule has 0 heterocycles. The molecule has 1 atom stereocenters. The van der Waals surface area contributed by atoms with Crippen LogP contribution in [0.1, 0.15) is 18.5 Å². The van der Waals surface area contributed by atoms with E-state index < -0.39 is 15.9 Å². The van der Waals surface area contributed by atoms with Gasteiger partial charge in [0.15, 0.2) is 9.84 Å². The van der Waals surface area contributed by atoms with Crippen molar-refractivity contribution in [1.82, 2.24) is 0 Å². The highest BCUT2D eigenvalue weighted by Crippen LogP contribution is 2.16. The number of hydrogen-bond donors (Lipinski definition) is 1. The number of benzene rings is 1. The number of rotatable bonds is 4. The molecule has 0 aliphatic rings. The molecule has 0 saturated carbocycles. The first-order valence-corrected chi connectivity index (χ1v) is 7.27. The van der Waals surface area contributed by atoms with Gasteiger partial charge < -0.3 is 5.73 Å². The van der Waals surface area contributed by atoms with Gasteiger partial charge in [0.1, 0.15) is 0 Å².